The zero-order chi connectivity index (χ0) is 17.6. The minimum Gasteiger partial charge on any atom is -0.387 e. The number of amides is 1. The highest BCUT2D eigenvalue weighted by Gasteiger charge is 2.29. The zero-order valence-electron chi connectivity index (χ0n) is 15.0. The third kappa shape index (κ3) is 4.79. The number of benzene rings is 1. The van der Waals surface area contributed by atoms with Gasteiger partial charge in [-0.1, -0.05) is 30.3 Å². The fraction of sp³-hybridized carbons (Fsp3) is 0.632. The SMILES string of the molecule is C[C@@H](C(=O)N1CCN(C[C@H](O)c2ccccc2)CC1)N1CCOCC1. The zero-order valence-corrected chi connectivity index (χ0v) is 15.0. The second-order valence-corrected chi connectivity index (χ2v) is 6.88. The molecular formula is C19H29N3O3. The summed E-state index contributed by atoms with van der Waals surface area (Å²) in [7, 11) is 0. The molecule has 0 saturated carbocycles. The van der Waals surface area contributed by atoms with Crippen LogP contribution in [0.4, 0.5) is 0 Å². The molecule has 1 aromatic rings. The lowest BCUT2D eigenvalue weighted by Crippen LogP contribution is -2.56. The largest absolute Gasteiger partial charge is 0.387 e. The molecule has 1 amide bonds. The van der Waals surface area contributed by atoms with Gasteiger partial charge < -0.3 is 14.7 Å². The minimum absolute atomic E-state index is 0.0784. The molecule has 1 aromatic carbocycles. The molecule has 2 saturated heterocycles. The van der Waals surface area contributed by atoms with E-state index in [4.69, 9.17) is 4.74 Å². The van der Waals surface area contributed by atoms with E-state index in [1.807, 2.05) is 42.2 Å². The Morgan fingerprint density at radius 2 is 1.72 bits per heavy atom. The predicted molar refractivity (Wildman–Crippen MR) is 96.3 cm³/mol. The van der Waals surface area contributed by atoms with E-state index in [2.05, 4.69) is 9.80 Å². The normalized spacial score (nSPS) is 22.6. The fourth-order valence-electron chi connectivity index (χ4n) is 3.56. The van der Waals surface area contributed by atoms with Crippen molar-refractivity contribution in [3.05, 3.63) is 35.9 Å². The van der Waals surface area contributed by atoms with E-state index >= 15 is 0 Å². The summed E-state index contributed by atoms with van der Waals surface area (Å²) in [5.41, 5.74) is 0.946. The first-order valence-corrected chi connectivity index (χ1v) is 9.21. The lowest BCUT2D eigenvalue weighted by molar-refractivity contribution is -0.140. The second-order valence-electron chi connectivity index (χ2n) is 6.88. The van der Waals surface area contributed by atoms with E-state index in [-0.39, 0.29) is 11.9 Å². The Labute approximate surface area is 150 Å². The van der Waals surface area contributed by atoms with Gasteiger partial charge in [0.2, 0.25) is 5.91 Å². The Kier molecular flexibility index (Phi) is 6.42. The number of morpholine rings is 1. The van der Waals surface area contributed by atoms with E-state index in [0.717, 1.165) is 44.8 Å². The fourth-order valence-corrected chi connectivity index (χ4v) is 3.56. The van der Waals surface area contributed by atoms with Gasteiger partial charge in [-0.25, -0.2) is 0 Å². The number of rotatable bonds is 5. The molecule has 1 N–H and O–H groups in total. The van der Waals surface area contributed by atoms with Gasteiger partial charge in [-0.05, 0) is 12.5 Å². The molecule has 0 radical (unpaired) electrons. The van der Waals surface area contributed by atoms with Crippen LogP contribution in [-0.2, 0) is 9.53 Å². The topological polar surface area (TPSA) is 56.2 Å². The Morgan fingerprint density at radius 3 is 2.36 bits per heavy atom. The van der Waals surface area contributed by atoms with Gasteiger partial charge in [0.25, 0.3) is 0 Å². The first-order valence-electron chi connectivity index (χ1n) is 9.21. The van der Waals surface area contributed by atoms with Crippen LogP contribution < -0.4 is 0 Å². The van der Waals surface area contributed by atoms with Gasteiger partial charge in [0.05, 0.1) is 25.4 Å². The third-order valence-electron chi connectivity index (χ3n) is 5.25. The van der Waals surface area contributed by atoms with E-state index < -0.39 is 6.10 Å². The van der Waals surface area contributed by atoms with Crippen LogP contribution >= 0.6 is 0 Å². The highest BCUT2D eigenvalue weighted by molar-refractivity contribution is 5.81. The molecule has 2 fully saturated rings. The van der Waals surface area contributed by atoms with Crippen LogP contribution in [0.25, 0.3) is 0 Å². The number of ether oxygens (including phenoxy) is 1. The molecular weight excluding hydrogens is 318 g/mol. The smallest absolute Gasteiger partial charge is 0.239 e. The average molecular weight is 347 g/mol. The van der Waals surface area contributed by atoms with Gasteiger partial charge in [-0.15, -0.1) is 0 Å². The number of nitrogens with zero attached hydrogens (tertiary/aromatic N) is 3. The van der Waals surface area contributed by atoms with Gasteiger partial charge in [-0.3, -0.25) is 14.6 Å². The Bertz CT molecular complexity index is 540. The quantitative estimate of drug-likeness (QED) is 0.845. The molecule has 2 aliphatic rings. The third-order valence-corrected chi connectivity index (χ3v) is 5.25. The lowest BCUT2D eigenvalue weighted by Gasteiger charge is -2.39. The van der Waals surface area contributed by atoms with Gasteiger partial charge >= 0.3 is 0 Å². The molecule has 25 heavy (non-hydrogen) atoms. The average Bonchev–Trinajstić information content (AvgIpc) is 2.69. The molecule has 6 nitrogen and oxygen atoms in total. The molecule has 0 bridgehead atoms. The van der Waals surface area contributed by atoms with Crippen molar-refractivity contribution >= 4 is 5.91 Å². The molecule has 2 atom stereocenters. The van der Waals surface area contributed by atoms with E-state index in [0.29, 0.717) is 19.8 Å². The maximum Gasteiger partial charge on any atom is 0.239 e. The number of β-amino-alcohol motifs (C(OH)–C–C–N with tert-alkyl or cyclic N) is 1. The summed E-state index contributed by atoms with van der Waals surface area (Å²) in [6.45, 7) is 8.78. The number of aliphatic hydroxyl groups excluding tert-OH is 1. The number of carbonyl (C=O) groups is 1. The van der Waals surface area contributed by atoms with Crippen molar-refractivity contribution in [3.63, 3.8) is 0 Å². The van der Waals surface area contributed by atoms with Gasteiger partial charge in [0.15, 0.2) is 0 Å². The number of piperazine rings is 1. The number of carbonyl (C=O) groups excluding carboxylic acids is 1. The number of hydrogen-bond acceptors (Lipinski definition) is 5. The number of hydrogen-bond donors (Lipinski definition) is 1. The van der Waals surface area contributed by atoms with Crippen molar-refractivity contribution in [3.8, 4) is 0 Å². The standard InChI is InChI=1S/C19H29N3O3/c1-16(21-11-13-25-14-12-21)19(24)22-9-7-20(8-10-22)15-18(23)17-5-3-2-4-6-17/h2-6,16,18,23H,7-15H2,1H3/t16-,18-/m0/s1. The van der Waals surface area contributed by atoms with E-state index in [1.165, 1.54) is 0 Å². The Balaban J connectivity index is 1.45. The molecule has 138 valence electrons. The van der Waals surface area contributed by atoms with Crippen molar-refractivity contribution < 1.29 is 14.6 Å². The Hall–Kier alpha value is -1.47. The summed E-state index contributed by atoms with van der Waals surface area (Å²) in [4.78, 5) is 19.1. The van der Waals surface area contributed by atoms with E-state index in [1.54, 1.807) is 0 Å². The van der Waals surface area contributed by atoms with Gasteiger partial charge in [0.1, 0.15) is 0 Å². The van der Waals surface area contributed by atoms with Crippen LogP contribution in [0.2, 0.25) is 0 Å². The van der Waals surface area contributed by atoms with Crippen LogP contribution in [-0.4, -0.2) is 90.8 Å². The van der Waals surface area contributed by atoms with Crippen LogP contribution in [0.1, 0.15) is 18.6 Å². The summed E-state index contributed by atoms with van der Waals surface area (Å²) in [5.74, 6) is 0.213. The highest BCUT2D eigenvalue weighted by atomic mass is 16.5. The minimum atomic E-state index is -0.476. The molecule has 0 unspecified atom stereocenters. The van der Waals surface area contributed by atoms with Crippen molar-refractivity contribution in [1.82, 2.24) is 14.7 Å². The summed E-state index contributed by atoms with van der Waals surface area (Å²) < 4.78 is 5.37. The summed E-state index contributed by atoms with van der Waals surface area (Å²) in [6.07, 6.45) is -0.476. The summed E-state index contributed by atoms with van der Waals surface area (Å²) in [5, 5.41) is 10.4. The first-order chi connectivity index (χ1) is 12.1. The maximum atomic E-state index is 12.7. The van der Waals surface area contributed by atoms with Crippen LogP contribution in [0, 0.1) is 0 Å². The van der Waals surface area contributed by atoms with Crippen molar-refractivity contribution in [1.29, 1.82) is 0 Å². The Morgan fingerprint density at radius 1 is 1.08 bits per heavy atom. The van der Waals surface area contributed by atoms with Gasteiger partial charge in [0, 0.05) is 45.8 Å². The molecule has 3 rings (SSSR count). The molecule has 0 aromatic heterocycles. The highest BCUT2D eigenvalue weighted by Crippen LogP contribution is 2.16. The second kappa shape index (κ2) is 8.76. The predicted octanol–water partition coefficient (Wildman–Crippen LogP) is 0.585. The first kappa shape index (κ1) is 18.3. The molecule has 6 heteroatoms. The molecule has 2 aliphatic heterocycles. The molecule has 0 aliphatic carbocycles. The van der Waals surface area contributed by atoms with Crippen LogP contribution in [0.15, 0.2) is 30.3 Å². The van der Waals surface area contributed by atoms with Crippen molar-refractivity contribution in [2.24, 2.45) is 0 Å². The summed E-state index contributed by atoms with van der Waals surface area (Å²) >= 11 is 0. The van der Waals surface area contributed by atoms with E-state index in [9.17, 15) is 9.90 Å². The van der Waals surface area contributed by atoms with Crippen LogP contribution in [0.5, 0.6) is 0 Å². The monoisotopic (exact) mass is 347 g/mol. The van der Waals surface area contributed by atoms with Crippen molar-refractivity contribution in [2.45, 2.75) is 19.1 Å². The lowest BCUT2D eigenvalue weighted by atomic mass is 10.1. The molecule has 0 spiro atoms. The maximum absolute atomic E-state index is 12.7. The van der Waals surface area contributed by atoms with Crippen LogP contribution in [0.3, 0.4) is 0 Å². The van der Waals surface area contributed by atoms with Crippen molar-refractivity contribution in [2.75, 3.05) is 59.0 Å². The van der Waals surface area contributed by atoms with Gasteiger partial charge in [-0.2, -0.15) is 0 Å². The molecule has 2 heterocycles. The number of aliphatic hydroxyl groups is 1. The summed E-state index contributed by atoms with van der Waals surface area (Å²) in [6, 6.07) is 9.68.